The van der Waals surface area contributed by atoms with Gasteiger partial charge in [0.05, 0.1) is 6.61 Å². The number of carboxylic acid groups (broad SMARTS) is 1. The number of aliphatic hydroxyl groups excluding tert-OH is 1. The normalized spacial score (nSPS) is 22.7. The maximum absolute atomic E-state index is 12.6. The summed E-state index contributed by atoms with van der Waals surface area (Å²) in [5, 5.41) is 17.9. The van der Waals surface area contributed by atoms with E-state index in [1.807, 2.05) is 9.80 Å². The van der Waals surface area contributed by atoms with Crippen molar-refractivity contribution in [1.82, 2.24) is 9.80 Å². The van der Waals surface area contributed by atoms with Gasteiger partial charge in [0.15, 0.2) is 0 Å². The number of nitrogens with zero attached hydrogens (tertiary/aromatic N) is 2. The number of amides is 2. The highest BCUT2D eigenvalue weighted by Gasteiger charge is 2.33. The van der Waals surface area contributed by atoms with E-state index in [4.69, 9.17) is 5.11 Å². The van der Waals surface area contributed by atoms with E-state index in [0.717, 1.165) is 38.6 Å². The minimum Gasteiger partial charge on any atom is -0.481 e. The predicted molar refractivity (Wildman–Crippen MR) is 78.0 cm³/mol. The average Bonchev–Trinajstić information content (AvgIpc) is 2.42. The fourth-order valence-corrected chi connectivity index (χ4v) is 3.22. The SMILES string of the molecule is O=C(O)CCC1CCCN(C(=O)N(CCO)C2CCC2)C1. The van der Waals surface area contributed by atoms with Gasteiger partial charge >= 0.3 is 12.0 Å². The highest BCUT2D eigenvalue weighted by molar-refractivity contribution is 5.75. The molecule has 2 rings (SSSR count). The van der Waals surface area contributed by atoms with Crippen LogP contribution in [0.3, 0.4) is 0 Å². The Labute approximate surface area is 125 Å². The summed E-state index contributed by atoms with van der Waals surface area (Å²) in [5.41, 5.74) is 0. The average molecular weight is 298 g/mol. The lowest BCUT2D eigenvalue weighted by Crippen LogP contribution is -2.53. The maximum Gasteiger partial charge on any atom is 0.320 e. The predicted octanol–water partition coefficient (Wildman–Crippen LogP) is 1.53. The fourth-order valence-electron chi connectivity index (χ4n) is 3.22. The lowest BCUT2D eigenvalue weighted by atomic mass is 9.91. The third-order valence-electron chi connectivity index (χ3n) is 4.66. The second-order valence-electron chi connectivity index (χ2n) is 6.17. The van der Waals surface area contributed by atoms with E-state index >= 15 is 0 Å². The van der Waals surface area contributed by atoms with E-state index in [9.17, 15) is 14.7 Å². The van der Waals surface area contributed by atoms with Gasteiger partial charge in [0, 0.05) is 32.1 Å². The second kappa shape index (κ2) is 7.64. The summed E-state index contributed by atoms with van der Waals surface area (Å²) in [6, 6.07) is 0.304. The number of piperidine rings is 1. The minimum absolute atomic E-state index is 0.00147. The number of carbonyl (C=O) groups is 2. The molecule has 0 radical (unpaired) electrons. The fraction of sp³-hybridized carbons (Fsp3) is 0.867. The third kappa shape index (κ3) is 4.33. The van der Waals surface area contributed by atoms with Gasteiger partial charge in [-0.05, 0) is 44.4 Å². The Hall–Kier alpha value is -1.30. The van der Waals surface area contributed by atoms with Crippen LogP contribution in [0.1, 0.15) is 44.9 Å². The molecule has 0 bridgehead atoms. The number of aliphatic carboxylic acids is 1. The van der Waals surface area contributed by atoms with Gasteiger partial charge in [0.1, 0.15) is 0 Å². The number of urea groups is 1. The van der Waals surface area contributed by atoms with Gasteiger partial charge in [-0.2, -0.15) is 0 Å². The molecule has 1 heterocycles. The van der Waals surface area contributed by atoms with Crippen LogP contribution < -0.4 is 0 Å². The van der Waals surface area contributed by atoms with Crippen molar-refractivity contribution in [3.05, 3.63) is 0 Å². The number of carbonyl (C=O) groups excluding carboxylic acids is 1. The van der Waals surface area contributed by atoms with E-state index in [-0.39, 0.29) is 31.0 Å². The summed E-state index contributed by atoms with van der Waals surface area (Å²) in [6.45, 7) is 1.80. The zero-order valence-corrected chi connectivity index (χ0v) is 12.5. The molecular weight excluding hydrogens is 272 g/mol. The molecule has 2 aliphatic rings. The summed E-state index contributed by atoms with van der Waals surface area (Å²) < 4.78 is 0. The first-order valence-electron chi connectivity index (χ1n) is 8.00. The van der Waals surface area contributed by atoms with E-state index < -0.39 is 5.97 Å². The molecule has 1 unspecified atom stereocenters. The van der Waals surface area contributed by atoms with Crippen LogP contribution in [0.15, 0.2) is 0 Å². The Morgan fingerprint density at radius 3 is 2.52 bits per heavy atom. The minimum atomic E-state index is -0.769. The molecule has 1 atom stereocenters. The van der Waals surface area contributed by atoms with E-state index in [1.165, 1.54) is 0 Å². The summed E-state index contributed by atoms with van der Waals surface area (Å²) in [7, 11) is 0. The molecule has 0 aromatic heterocycles. The van der Waals surface area contributed by atoms with Gasteiger partial charge in [0.2, 0.25) is 0 Å². The van der Waals surface area contributed by atoms with Crippen molar-refractivity contribution in [2.24, 2.45) is 5.92 Å². The van der Waals surface area contributed by atoms with Crippen LogP contribution in [0.5, 0.6) is 0 Å². The molecule has 2 N–H and O–H groups in total. The first-order chi connectivity index (χ1) is 10.1. The molecular formula is C15H26N2O4. The lowest BCUT2D eigenvalue weighted by molar-refractivity contribution is -0.137. The molecule has 0 aromatic carbocycles. The number of carboxylic acids is 1. The molecule has 6 heteroatoms. The van der Waals surface area contributed by atoms with Crippen LogP contribution in [0.25, 0.3) is 0 Å². The molecule has 120 valence electrons. The van der Waals surface area contributed by atoms with Gasteiger partial charge in [0.25, 0.3) is 0 Å². The highest BCUT2D eigenvalue weighted by atomic mass is 16.4. The molecule has 0 aromatic rings. The first-order valence-corrected chi connectivity index (χ1v) is 8.00. The molecule has 6 nitrogen and oxygen atoms in total. The monoisotopic (exact) mass is 298 g/mol. The topological polar surface area (TPSA) is 81.1 Å². The molecule has 2 amide bonds. The molecule has 1 saturated carbocycles. The molecule has 21 heavy (non-hydrogen) atoms. The summed E-state index contributed by atoms with van der Waals surface area (Å²) >= 11 is 0. The van der Waals surface area contributed by atoms with Gasteiger partial charge < -0.3 is 20.0 Å². The van der Waals surface area contributed by atoms with Crippen molar-refractivity contribution < 1.29 is 19.8 Å². The van der Waals surface area contributed by atoms with Crippen LogP contribution in [0.4, 0.5) is 4.79 Å². The van der Waals surface area contributed by atoms with Crippen LogP contribution in [-0.2, 0) is 4.79 Å². The van der Waals surface area contributed by atoms with Gasteiger partial charge in [-0.15, -0.1) is 0 Å². The van der Waals surface area contributed by atoms with Crippen LogP contribution in [0, 0.1) is 5.92 Å². The van der Waals surface area contributed by atoms with Crippen LogP contribution >= 0.6 is 0 Å². The van der Waals surface area contributed by atoms with E-state index in [0.29, 0.717) is 19.5 Å². The lowest BCUT2D eigenvalue weighted by Gasteiger charge is -2.42. The Balaban J connectivity index is 1.88. The number of rotatable bonds is 6. The zero-order chi connectivity index (χ0) is 15.2. The largest absolute Gasteiger partial charge is 0.481 e. The van der Waals surface area contributed by atoms with Gasteiger partial charge in [-0.1, -0.05) is 0 Å². The van der Waals surface area contributed by atoms with Crippen LogP contribution in [0.2, 0.25) is 0 Å². The third-order valence-corrected chi connectivity index (χ3v) is 4.66. The summed E-state index contributed by atoms with van der Waals surface area (Å²) in [4.78, 5) is 27.0. The molecule has 1 saturated heterocycles. The second-order valence-corrected chi connectivity index (χ2v) is 6.17. The quantitative estimate of drug-likeness (QED) is 0.779. The van der Waals surface area contributed by atoms with Gasteiger partial charge in [-0.3, -0.25) is 4.79 Å². The standard InChI is InChI=1S/C15H26N2O4/c18-10-9-17(13-4-1-5-13)15(21)16-8-2-3-12(11-16)6-7-14(19)20/h12-13,18H,1-11H2,(H,19,20). The maximum atomic E-state index is 12.6. The van der Waals surface area contributed by atoms with Crippen molar-refractivity contribution in [2.45, 2.75) is 51.0 Å². The van der Waals surface area contributed by atoms with Crippen LogP contribution in [-0.4, -0.2) is 64.3 Å². The number of aliphatic hydroxyl groups is 1. The Bertz CT molecular complexity index is 371. The molecule has 1 aliphatic heterocycles. The molecule has 0 spiro atoms. The summed E-state index contributed by atoms with van der Waals surface area (Å²) in [5.74, 6) is -0.481. The van der Waals surface area contributed by atoms with Crippen molar-refractivity contribution in [2.75, 3.05) is 26.2 Å². The Morgan fingerprint density at radius 2 is 1.95 bits per heavy atom. The highest BCUT2D eigenvalue weighted by Crippen LogP contribution is 2.27. The molecule has 1 aliphatic carbocycles. The first kappa shape index (κ1) is 16.1. The van der Waals surface area contributed by atoms with E-state index in [1.54, 1.807) is 0 Å². The van der Waals surface area contributed by atoms with E-state index in [2.05, 4.69) is 0 Å². The number of hydrogen-bond donors (Lipinski definition) is 2. The Kier molecular flexibility index (Phi) is 5.85. The summed E-state index contributed by atoms with van der Waals surface area (Å²) in [6.07, 6.45) is 5.97. The van der Waals surface area contributed by atoms with Crippen molar-refractivity contribution >= 4 is 12.0 Å². The zero-order valence-electron chi connectivity index (χ0n) is 12.5. The van der Waals surface area contributed by atoms with Crippen molar-refractivity contribution in [3.63, 3.8) is 0 Å². The van der Waals surface area contributed by atoms with Crippen molar-refractivity contribution in [1.29, 1.82) is 0 Å². The number of likely N-dealkylation sites (tertiary alicyclic amines) is 1. The van der Waals surface area contributed by atoms with Gasteiger partial charge in [-0.25, -0.2) is 4.79 Å². The smallest absolute Gasteiger partial charge is 0.320 e. The molecule has 2 fully saturated rings. The number of hydrogen-bond acceptors (Lipinski definition) is 3. The van der Waals surface area contributed by atoms with Crippen molar-refractivity contribution in [3.8, 4) is 0 Å². The Morgan fingerprint density at radius 1 is 1.19 bits per heavy atom.